The maximum Gasteiger partial charge on any atom is 0.338 e. The van der Waals surface area contributed by atoms with Gasteiger partial charge in [0.25, 0.3) is 0 Å². The van der Waals surface area contributed by atoms with Crippen molar-refractivity contribution < 1.29 is 14.7 Å². The molecule has 24 heavy (non-hydrogen) atoms. The molecule has 0 fully saturated rings. The van der Waals surface area contributed by atoms with Crippen molar-refractivity contribution in [1.82, 2.24) is 4.98 Å². The van der Waals surface area contributed by atoms with Gasteiger partial charge in [-0.2, -0.15) is 0 Å². The van der Waals surface area contributed by atoms with Gasteiger partial charge in [-0.05, 0) is 29.2 Å². The van der Waals surface area contributed by atoms with Gasteiger partial charge in [-0.25, -0.2) is 9.78 Å². The van der Waals surface area contributed by atoms with Crippen molar-refractivity contribution in [2.75, 3.05) is 5.73 Å². The Morgan fingerprint density at radius 2 is 2.04 bits per heavy atom. The zero-order valence-electron chi connectivity index (χ0n) is 12.7. The Morgan fingerprint density at radius 3 is 2.83 bits per heavy atom. The van der Waals surface area contributed by atoms with E-state index in [0.29, 0.717) is 28.7 Å². The summed E-state index contributed by atoms with van der Waals surface area (Å²) in [6, 6.07) is 7.96. The number of rotatable bonds is 2. The smallest absolute Gasteiger partial charge is 0.338 e. The van der Waals surface area contributed by atoms with Gasteiger partial charge in [-0.1, -0.05) is 18.2 Å². The number of hydrogen-bond donors (Lipinski definition) is 2. The summed E-state index contributed by atoms with van der Waals surface area (Å²) in [5, 5.41) is 10.00. The molecule has 120 valence electrons. The number of carbonyl (C=O) groups is 2. The molecule has 0 aliphatic heterocycles. The minimum atomic E-state index is -1.01. The molecule has 0 unspecified atom stereocenters. The highest BCUT2D eigenvalue weighted by atomic mass is 32.1. The second kappa shape index (κ2) is 5.42. The first-order chi connectivity index (χ1) is 11.5. The summed E-state index contributed by atoms with van der Waals surface area (Å²) in [5.74, 6) is -0.395. The highest BCUT2D eigenvalue weighted by Crippen LogP contribution is 2.38. The Bertz CT molecular complexity index is 1010. The van der Waals surface area contributed by atoms with E-state index in [1.54, 1.807) is 0 Å². The van der Waals surface area contributed by atoms with Crippen LogP contribution in [0.3, 0.4) is 0 Å². The van der Waals surface area contributed by atoms with Crippen LogP contribution >= 0.6 is 11.3 Å². The van der Waals surface area contributed by atoms with E-state index in [4.69, 9.17) is 5.73 Å². The third-order valence-electron chi connectivity index (χ3n) is 4.37. The lowest BCUT2D eigenvalue weighted by molar-refractivity contribution is -0.118. The van der Waals surface area contributed by atoms with E-state index in [0.717, 1.165) is 22.4 Å². The maximum absolute atomic E-state index is 11.6. The van der Waals surface area contributed by atoms with Crippen molar-refractivity contribution in [3.63, 3.8) is 0 Å². The van der Waals surface area contributed by atoms with E-state index in [1.807, 2.05) is 18.2 Å². The highest BCUT2D eigenvalue weighted by molar-refractivity contribution is 7.22. The molecule has 0 spiro atoms. The second-order valence-electron chi connectivity index (χ2n) is 5.91. The Kier molecular flexibility index (Phi) is 3.35. The quantitative estimate of drug-likeness (QED) is 0.748. The number of carbonyl (C=O) groups excluding carboxylic acids is 1. The zero-order chi connectivity index (χ0) is 16.8. The summed E-state index contributed by atoms with van der Waals surface area (Å²) < 4.78 is 0.637. The number of ketones is 1. The SMILES string of the molecule is Nc1ncc(C(=O)O)c2sc(-c3ccc4c(c3)CCC(=O)C4)cc12. The topological polar surface area (TPSA) is 93.3 Å². The molecule has 4 rings (SSSR count). The molecule has 0 bridgehead atoms. The summed E-state index contributed by atoms with van der Waals surface area (Å²) in [6.45, 7) is 0. The number of hydrogen-bond acceptors (Lipinski definition) is 5. The molecule has 6 heteroatoms. The number of nitrogens with two attached hydrogens (primary N) is 1. The van der Waals surface area contributed by atoms with Crippen molar-refractivity contribution in [2.45, 2.75) is 19.3 Å². The van der Waals surface area contributed by atoms with Gasteiger partial charge in [0.2, 0.25) is 0 Å². The van der Waals surface area contributed by atoms with Gasteiger partial charge < -0.3 is 10.8 Å². The van der Waals surface area contributed by atoms with Gasteiger partial charge in [0.05, 0.1) is 10.3 Å². The number of Topliss-reactive ketones (excluding diaryl/α,β-unsaturated/α-hetero) is 1. The zero-order valence-corrected chi connectivity index (χ0v) is 13.5. The maximum atomic E-state index is 11.6. The van der Waals surface area contributed by atoms with E-state index in [-0.39, 0.29) is 11.3 Å². The van der Waals surface area contributed by atoms with Crippen molar-refractivity contribution in [1.29, 1.82) is 0 Å². The summed E-state index contributed by atoms with van der Waals surface area (Å²) in [5.41, 5.74) is 9.36. The lowest BCUT2D eigenvalue weighted by Crippen LogP contribution is -2.12. The van der Waals surface area contributed by atoms with Gasteiger partial charge in [0.15, 0.2) is 0 Å². The van der Waals surface area contributed by atoms with E-state index in [2.05, 4.69) is 11.1 Å². The largest absolute Gasteiger partial charge is 0.478 e. The van der Waals surface area contributed by atoms with E-state index < -0.39 is 5.97 Å². The molecular formula is C18H14N2O3S. The van der Waals surface area contributed by atoms with E-state index in [9.17, 15) is 14.7 Å². The number of nitrogens with zero attached hydrogens (tertiary/aromatic N) is 1. The van der Waals surface area contributed by atoms with Gasteiger partial charge in [0.1, 0.15) is 11.6 Å². The van der Waals surface area contributed by atoms with Gasteiger partial charge in [-0.3, -0.25) is 4.79 Å². The first-order valence-corrected chi connectivity index (χ1v) is 8.40. The Hall–Kier alpha value is -2.73. The van der Waals surface area contributed by atoms with Crippen LogP contribution in [0.25, 0.3) is 20.5 Å². The molecule has 0 amide bonds. The van der Waals surface area contributed by atoms with Gasteiger partial charge in [-0.15, -0.1) is 11.3 Å². The first-order valence-electron chi connectivity index (χ1n) is 7.58. The predicted octanol–water partition coefficient (Wildman–Crippen LogP) is 3.30. The average molecular weight is 338 g/mol. The number of thiophene rings is 1. The second-order valence-corrected chi connectivity index (χ2v) is 6.97. The lowest BCUT2D eigenvalue weighted by atomic mass is 9.89. The van der Waals surface area contributed by atoms with Crippen LogP contribution in [0.2, 0.25) is 0 Å². The minimum absolute atomic E-state index is 0.166. The van der Waals surface area contributed by atoms with Crippen LogP contribution in [0, 0.1) is 0 Å². The van der Waals surface area contributed by atoms with Crippen LogP contribution < -0.4 is 5.73 Å². The third-order valence-corrected chi connectivity index (χ3v) is 5.58. The molecule has 3 aromatic rings. The molecule has 5 nitrogen and oxygen atoms in total. The van der Waals surface area contributed by atoms with Crippen LogP contribution in [0.4, 0.5) is 5.82 Å². The number of aromatic nitrogens is 1. The average Bonchev–Trinajstić information content (AvgIpc) is 3.00. The van der Waals surface area contributed by atoms with Crippen molar-refractivity contribution in [2.24, 2.45) is 0 Å². The van der Waals surface area contributed by atoms with Crippen LogP contribution in [-0.2, 0) is 17.6 Å². The molecule has 1 aliphatic rings. The molecule has 0 saturated carbocycles. The summed E-state index contributed by atoms with van der Waals surface area (Å²) in [4.78, 5) is 27.9. The monoisotopic (exact) mass is 338 g/mol. The number of anilines is 1. The molecule has 2 heterocycles. The Morgan fingerprint density at radius 1 is 1.21 bits per heavy atom. The van der Waals surface area contributed by atoms with Gasteiger partial charge in [0, 0.05) is 29.3 Å². The van der Waals surface area contributed by atoms with Crippen molar-refractivity contribution in [3.8, 4) is 10.4 Å². The summed E-state index contributed by atoms with van der Waals surface area (Å²) in [7, 11) is 0. The molecule has 2 aromatic heterocycles. The van der Waals surface area contributed by atoms with E-state index >= 15 is 0 Å². The molecule has 1 aromatic carbocycles. The highest BCUT2D eigenvalue weighted by Gasteiger charge is 2.18. The van der Waals surface area contributed by atoms with Crippen molar-refractivity contribution >= 4 is 39.0 Å². The number of aromatic carboxylic acids is 1. The van der Waals surface area contributed by atoms with Crippen LogP contribution in [-0.4, -0.2) is 21.8 Å². The number of nitrogen functional groups attached to an aromatic ring is 1. The molecule has 3 N–H and O–H groups in total. The number of benzene rings is 1. The van der Waals surface area contributed by atoms with Crippen LogP contribution in [0.15, 0.2) is 30.5 Å². The predicted molar refractivity (Wildman–Crippen MR) is 93.5 cm³/mol. The number of pyridine rings is 1. The fraction of sp³-hybridized carbons (Fsp3) is 0.167. The summed E-state index contributed by atoms with van der Waals surface area (Å²) >= 11 is 1.40. The molecule has 0 atom stereocenters. The number of fused-ring (bicyclic) bond motifs is 2. The lowest BCUT2D eigenvalue weighted by Gasteiger charge is -2.15. The fourth-order valence-electron chi connectivity index (χ4n) is 3.10. The fourth-order valence-corrected chi connectivity index (χ4v) is 4.26. The molecular weight excluding hydrogens is 324 g/mol. The molecule has 0 radical (unpaired) electrons. The standard InChI is InChI=1S/C18H14N2O3S/c19-17-13-7-15(24-16(13)14(8-20-17)18(22)23)11-2-1-10-6-12(21)4-3-9(10)5-11/h1-2,5,7-8H,3-4,6H2,(H2,19,20)(H,22,23). The van der Waals surface area contributed by atoms with Crippen molar-refractivity contribution in [3.05, 3.63) is 47.2 Å². The summed E-state index contributed by atoms with van der Waals surface area (Å²) in [6.07, 6.45) is 3.15. The third kappa shape index (κ3) is 2.35. The van der Waals surface area contributed by atoms with E-state index in [1.165, 1.54) is 23.1 Å². The number of aryl methyl sites for hydroxylation is 1. The number of carboxylic acid groups (broad SMARTS) is 1. The Labute approximate surface area is 141 Å². The van der Waals surface area contributed by atoms with Gasteiger partial charge >= 0.3 is 5.97 Å². The number of carboxylic acids is 1. The minimum Gasteiger partial charge on any atom is -0.478 e. The normalized spacial score (nSPS) is 13.9. The first kappa shape index (κ1) is 14.8. The molecule has 0 saturated heterocycles. The molecule has 1 aliphatic carbocycles. The van der Waals surface area contributed by atoms with Crippen LogP contribution in [0.1, 0.15) is 27.9 Å². The Balaban J connectivity index is 1.85. The van der Waals surface area contributed by atoms with Crippen LogP contribution in [0.5, 0.6) is 0 Å².